The molecule has 1 N–H and O–H groups in total. The number of rotatable bonds is 4. The Labute approximate surface area is 123 Å². The van der Waals surface area contributed by atoms with Crippen molar-refractivity contribution < 1.29 is 14.6 Å². The standard InChI is InChI=1S/C14H10BrClO3/c15-10-5-6-13(12(16)7-10)19-8-9-3-1-2-4-11(9)14(17)18/h1-7H,8H2,(H,17,18). The van der Waals surface area contributed by atoms with Crippen LogP contribution >= 0.6 is 27.5 Å². The van der Waals surface area contributed by atoms with Crippen LogP contribution in [0.15, 0.2) is 46.9 Å². The minimum absolute atomic E-state index is 0.157. The van der Waals surface area contributed by atoms with Gasteiger partial charge in [-0.2, -0.15) is 0 Å². The lowest BCUT2D eigenvalue weighted by molar-refractivity contribution is 0.0694. The summed E-state index contributed by atoms with van der Waals surface area (Å²) in [4.78, 5) is 11.1. The van der Waals surface area contributed by atoms with Gasteiger partial charge in [0.15, 0.2) is 0 Å². The van der Waals surface area contributed by atoms with Crippen LogP contribution in [-0.2, 0) is 6.61 Å². The number of ether oxygens (including phenoxy) is 1. The normalized spacial score (nSPS) is 10.2. The van der Waals surface area contributed by atoms with Crippen molar-refractivity contribution in [2.75, 3.05) is 0 Å². The average Bonchev–Trinajstić information content (AvgIpc) is 2.38. The van der Waals surface area contributed by atoms with Gasteiger partial charge in [-0.3, -0.25) is 0 Å². The second-order valence-electron chi connectivity index (χ2n) is 3.83. The van der Waals surface area contributed by atoms with E-state index >= 15 is 0 Å². The van der Waals surface area contributed by atoms with Crippen molar-refractivity contribution in [3.8, 4) is 5.75 Å². The highest BCUT2D eigenvalue weighted by atomic mass is 79.9. The molecule has 19 heavy (non-hydrogen) atoms. The zero-order valence-corrected chi connectivity index (χ0v) is 12.1. The van der Waals surface area contributed by atoms with Crippen LogP contribution in [0.3, 0.4) is 0 Å². The fraction of sp³-hybridized carbons (Fsp3) is 0.0714. The van der Waals surface area contributed by atoms with Gasteiger partial charge in [-0.1, -0.05) is 45.7 Å². The summed E-state index contributed by atoms with van der Waals surface area (Å²) in [5.41, 5.74) is 0.838. The average molecular weight is 342 g/mol. The minimum Gasteiger partial charge on any atom is -0.487 e. The SMILES string of the molecule is O=C(O)c1ccccc1COc1ccc(Br)cc1Cl. The maximum absolute atomic E-state index is 11.1. The van der Waals surface area contributed by atoms with Gasteiger partial charge >= 0.3 is 5.97 Å². The van der Waals surface area contributed by atoms with Crippen LogP contribution in [0.2, 0.25) is 5.02 Å². The fourth-order valence-corrected chi connectivity index (χ4v) is 2.33. The molecule has 3 nitrogen and oxygen atoms in total. The van der Waals surface area contributed by atoms with Gasteiger partial charge in [-0.25, -0.2) is 4.79 Å². The number of halogens is 2. The van der Waals surface area contributed by atoms with E-state index in [1.54, 1.807) is 36.4 Å². The predicted molar refractivity (Wildman–Crippen MR) is 76.9 cm³/mol. The van der Waals surface area contributed by atoms with Gasteiger partial charge in [0.25, 0.3) is 0 Å². The Bertz CT molecular complexity index is 613. The second kappa shape index (κ2) is 6.08. The van der Waals surface area contributed by atoms with E-state index in [-0.39, 0.29) is 12.2 Å². The largest absolute Gasteiger partial charge is 0.487 e. The molecule has 0 aliphatic rings. The summed E-state index contributed by atoms with van der Waals surface area (Å²) in [6.07, 6.45) is 0. The topological polar surface area (TPSA) is 46.5 Å². The number of benzene rings is 2. The number of carboxylic acid groups (broad SMARTS) is 1. The molecule has 0 radical (unpaired) electrons. The van der Waals surface area contributed by atoms with Gasteiger partial charge in [-0.05, 0) is 24.3 Å². The molecular weight excluding hydrogens is 332 g/mol. The summed E-state index contributed by atoms with van der Waals surface area (Å²) in [5, 5.41) is 9.54. The van der Waals surface area contributed by atoms with Gasteiger partial charge in [0.1, 0.15) is 12.4 Å². The van der Waals surface area contributed by atoms with Crippen LogP contribution in [0, 0.1) is 0 Å². The molecule has 0 heterocycles. The highest BCUT2D eigenvalue weighted by Gasteiger charge is 2.10. The van der Waals surface area contributed by atoms with Gasteiger partial charge < -0.3 is 9.84 Å². The molecule has 0 saturated heterocycles. The lowest BCUT2D eigenvalue weighted by Crippen LogP contribution is -2.05. The first-order valence-corrected chi connectivity index (χ1v) is 6.64. The first-order chi connectivity index (χ1) is 9.08. The van der Waals surface area contributed by atoms with Crippen LogP contribution in [-0.4, -0.2) is 11.1 Å². The molecule has 2 aromatic carbocycles. The van der Waals surface area contributed by atoms with Gasteiger partial charge in [0.2, 0.25) is 0 Å². The smallest absolute Gasteiger partial charge is 0.336 e. The summed E-state index contributed by atoms with van der Waals surface area (Å²) in [7, 11) is 0. The zero-order valence-electron chi connectivity index (χ0n) is 9.77. The van der Waals surface area contributed by atoms with Crippen LogP contribution in [0.4, 0.5) is 0 Å². The van der Waals surface area contributed by atoms with E-state index in [2.05, 4.69) is 15.9 Å². The van der Waals surface area contributed by atoms with E-state index in [9.17, 15) is 4.79 Å². The molecule has 0 amide bonds. The Morgan fingerprint density at radius 1 is 1.26 bits per heavy atom. The van der Waals surface area contributed by atoms with E-state index in [0.717, 1.165) is 4.47 Å². The summed E-state index contributed by atoms with van der Waals surface area (Å²) in [5.74, 6) is -0.453. The van der Waals surface area contributed by atoms with Gasteiger partial charge in [-0.15, -0.1) is 0 Å². The third-order valence-electron chi connectivity index (χ3n) is 2.52. The predicted octanol–water partition coefficient (Wildman–Crippen LogP) is 4.38. The summed E-state index contributed by atoms with van der Waals surface area (Å²) >= 11 is 9.33. The lowest BCUT2D eigenvalue weighted by atomic mass is 10.1. The van der Waals surface area contributed by atoms with Crippen molar-refractivity contribution >= 4 is 33.5 Å². The molecule has 2 aromatic rings. The number of hydrogen-bond acceptors (Lipinski definition) is 2. The molecule has 0 aliphatic heterocycles. The zero-order chi connectivity index (χ0) is 13.8. The van der Waals surface area contributed by atoms with Crippen molar-refractivity contribution in [2.24, 2.45) is 0 Å². The van der Waals surface area contributed by atoms with Gasteiger partial charge in [0, 0.05) is 10.0 Å². The maximum atomic E-state index is 11.1. The molecule has 0 saturated carbocycles. The molecule has 0 aromatic heterocycles. The van der Waals surface area contributed by atoms with E-state index in [4.69, 9.17) is 21.4 Å². The van der Waals surface area contributed by atoms with Crippen LogP contribution < -0.4 is 4.74 Å². The Hall–Kier alpha value is -1.52. The second-order valence-corrected chi connectivity index (χ2v) is 5.15. The van der Waals surface area contributed by atoms with Crippen molar-refractivity contribution in [3.63, 3.8) is 0 Å². The third-order valence-corrected chi connectivity index (χ3v) is 3.31. The molecule has 0 spiro atoms. The molecule has 0 unspecified atom stereocenters. The van der Waals surface area contributed by atoms with E-state index in [1.807, 2.05) is 6.07 Å². The molecule has 5 heteroatoms. The van der Waals surface area contributed by atoms with Crippen molar-refractivity contribution in [1.82, 2.24) is 0 Å². The molecule has 98 valence electrons. The number of carboxylic acids is 1. The third kappa shape index (κ3) is 3.49. The Morgan fingerprint density at radius 3 is 2.68 bits per heavy atom. The van der Waals surface area contributed by atoms with Gasteiger partial charge in [0.05, 0.1) is 10.6 Å². The summed E-state index contributed by atoms with van der Waals surface area (Å²) < 4.78 is 6.41. The van der Waals surface area contributed by atoms with Crippen molar-refractivity contribution in [2.45, 2.75) is 6.61 Å². The highest BCUT2D eigenvalue weighted by molar-refractivity contribution is 9.10. The Kier molecular flexibility index (Phi) is 4.45. The first kappa shape index (κ1) is 13.9. The molecule has 0 bridgehead atoms. The lowest BCUT2D eigenvalue weighted by Gasteiger charge is -2.10. The number of carbonyl (C=O) groups is 1. The Morgan fingerprint density at radius 2 is 2.00 bits per heavy atom. The minimum atomic E-state index is -0.971. The van der Waals surface area contributed by atoms with E-state index in [1.165, 1.54) is 0 Å². The van der Waals surface area contributed by atoms with E-state index < -0.39 is 5.97 Å². The number of hydrogen-bond donors (Lipinski definition) is 1. The number of aromatic carboxylic acids is 1. The van der Waals surface area contributed by atoms with Crippen molar-refractivity contribution in [3.05, 3.63) is 63.1 Å². The monoisotopic (exact) mass is 340 g/mol. The van der Waals surface area contributed by atoms with Crippen LogP contribution in [0.25, 0.3) is 0 Å². The fourth-order valence-electron chi connectivity index (χ4n) is 1.60. The highest BCUT2D eigenvalue weighted by Crippen LogP contribution is 2.28. The molecule has 2 rings (SSSR count). The quantitative estimate of drug-likeness (QED) is 0.897. The van der Waals surface area contributed by atoms with Crippen LogP contribution in [0.1, 0.15) is 15.9 Å². The van der Waals surface area contributed by atoms with E-state index in [0.29, 0.717) is 16.3 Å². The van der Waals surface area contributed by atoms with Crippen molar-refractivity contribution in [1.29, 1.82) is 0 Å². The summed E-state index contributed by atoms with van der Waals surface area (Å²) in [6.45, 7) is 0.157. The van der Waals surface area contributed by atoms with Crippen LogP contribution in [0.5, 0.6) is 5.75 Å². The molecule has 0 atom stereocenters. The maximum Gasteiger partial charge on any atom is 0.336 e. The molecule has 0 fully saturated rings. The molecular formula is C14H10BrClO3. The first-order valence-electron chi connectivity index (χ1n) is 5.47. The Balaban J connectivity index is 2.17. The molecule has 0 aliphatic carbocycles. The summed E-state index contributed by atoms with van der Waals surface area (Å²) in [6, 6.07) is 12.0.